The quantitative estimate of drug-likeness (QED) is 0.565. The first-order chi connectivity index (χ1) is 6.50. The molecule has 1 N–H and O–H groups in total. The Balaban J connectivity index is 2.95. The summed E-state index contributed by atoms with van der Waals surface area (Å²) in [6.45, 7) is 0. The van der Waals surface area contributed by atoms with Crippen molar-refractivity contribution in [2.24, 2.45) is 0 Å². The van der Waals surface area contributed by atoms with Gasteiger partial charge in [-0.15, -0.1) is 12.6 Å². The molecule has 2 rings (SSSR count). The van der Waals surface area contributed by atoms with E-state index in [9.17, 15) is 8.42 Å². The fraction of sp³-hybridized carbons (Fsp3) is 0. The summed E-state index contributed by atoms with van der Waals surface area (Å²) in [5, 5.41) is -0.0614. The van der Waals surface area contributed by atoms with Crippen molar-refractivity contribution >= 4 is 34.0 Å². The van der Waals surface area contributed by atoms with E-state index in [0.29, 0.717) is 15.0 Å². The van der Waals surface area contributed by atoms with Crippen molar-refractivity contribution in [1.82, 2.24) is 8.96 Å². The molecule has 1 heterocycles. The Bertz CT molecular complexity index is 588. The highest BCUT2D eigenvalue weighted by Gasteiger charge is 2.16. The van der Waals surface area contributed by atoms with Crippen molar-refractivity contribution in [2.45, 2.75) is 5.16 Å². The number of imidazole rings is 1. The lowest BCUT2D eigenvalue weighted by Crippen LogP contribution is -2.10. The molecule has 5 nitrogen and oxygen atoms in total. The second kappa shape index (κ2) is 2.97. The van der Waals surface area contributed by atoms with E-state index in [0.717, 1.165) is 0 Å². The van der Waals surface area contributed by atoms with Crippen LogP contribution in [-0.2, 0) is 10.3 Å². The van der Waals surface area contributed by atoms with Crippen LogP contribution >= 0.6 is 12.6 Å². The molecule has 1 aromatic carbocycles. The smallest absolute Gasteiger partial charge is 0.269 e. The largest absolute Gasteiger partial charge is 0.366 e. The Kier molecular flexibility index (Phi) is 2.02. The van der Waals surface area contributed by atoms with E-state index in [-0.39, 0.29) is 5.16 Å². The van der Waals surface area contributed by atoms with Gasteiger partial charge in [-0.1, -0.05) is 12.1 Å². The van der Waals surface area contributed by atoms with Crippen LogP contribution in [0, 0.1) is 0 Å². The van der Waals surface area contributed by atoms with Crippen LogP contribution in [-0.4, -0.2) is 21.9 Å². The summed E-state index contributed by atoms with van der Waals surface area (Å²) in [6, 6.07) is 6.54. The van der Waals surface area contributed by atoms with E-state index < -0.39 is 10.3 Å². The number of para-hydroxylation sites is 2. The molecular weight excluding hydrogens is 224 g/mol. The van der Waals surface area contributed by atoms with Gasteiger partial charge in [-0.25, -0.2) is 4.98 Å². The monoisotopic (exact) mass is 230 g/mol. The van der Waals surface area contributed by atoms with Crippen LogP contribution in [0.4, 0.5) is 0 Å². The van der Waals surface area contributed by atoms with Gasteiger partial charge >= 0.3 is 10.3 Å². The summed E-state index contributed by atoms with van der Waals surface area (Å²) in [5.41, 5.74) is 0.773. The third kappa shape index (κ3) is 1.39. The minimum atomic E-state index is -4.34. The number of thiol groups is 1. The summed E-state index contributed by atoms with van der Waals surface area (Å²) in [7, 11) is -4.34. The molecule has 0 aliphatic rings. The average Bonchev–Trinajstić information content (AvgIpc) is 2.38. The van der Waals surface area contributed by atoms with Crippen LogP contribution in [0.25, 0.3) is 11.0 Å². The number of hydrogen-bond acceptors (Lipinski definition) is 4. The van der Waals surface area contributed by atoms with Crippen LogP contribution in [0.3, 0.4) is 0 Å². The van der Waals surface area contributed by atoms with Crippen LogP contribution in [0.1, 0.15) is 0 Å². The molecule has 0 aliphatic heterocycles. The molecule has 0 atom stereocenters. The van der Waals surface area contributed by atoms with Gasteiger partial charge in [0.15, 0.2) is 5.16 Å². The first kappa shape index (κ1) is 9.50. The molecule has 14 heavy (non-hydrogen) atoms. The second-order valence-electron chi connectivity index (χ2n) is 2.64. The maximum absolute atomic E-state index is 11.0. The second-order valence-corrected chi connectivity index (χ2v) is 4.30. The zero-order valence-electron chi connectivity index (χ0n) is 6.82. The van der Waals surface area contributed by atoms with E-state index >= 15 is 0 Å². The van der Waals surface area contributed by atoms with Crippen molar-refractivity contribution < 1.29 is 13.0 Å². The Hall–Kier alpha value is -1.05. The molecule has 0 unspecified atom stereocenters. The SMILES string of the molecule is O=S(=O)(O)n1c(S)nc2ccccc21. The molecule has 0 radical (unpaired) electrons. The highest BCUT2D eigenvalue weighted by molar-refractivity contribution is 7.85. The highest BCUT2D eigenvalue weighted by atomic mass is 32.2. The van der Waals surface area contributed by atoms with Gasteiger partial charge in [0, 0.05) is 0 Å². The topological polar surface area (TPSA) is 72.2 Å². The third-order valence-electron chi connectivity index (χ3n) is 1.73. The van der Waals surface area contributed by atoms with Gasteiger partial charge < -0.3 is 0 Å². The van der Waals surface area contributed by atoms with Crippen LogP contribution in [0.5, 0.6) is 0 Å². The van der Waals surface area contributed by atoms with Gasteiger partial charge in [0.1, 0.15) is 0 Å². The highest BCUT2D eigenvalue weighted by Crippen LogP contribution is 2.19. The maximum atomic E-state index is 11.0. The van der Waals surface area contributed by atoms with Crippen molar-refractivity contribution in [3.8, 4) is 0 Å². The van der Waals surface area contributed by atoms with Crippen LogP contribution in [0.15, 0.2) is 29.4 Å². The minimum Gasteiger partial charge on any atom is -0.269 e. The minimum absolute atomic E-state index is 0.0614. The zero-order chi connectivity index (χ0) is 10.3. The number of benzene rings is 1. The van der Waals surface area contributed by atoms with Crippen molar-refractivity contribution in [3.05, 3.63) is 24.3 Å². The Morgan fingerprint density at radius 2 is 2.00 bits per heavy atom. The summed E-state index contributed by atoms with van der Waals surface area (Å²) in [6.07, 6.45) is 0. The number of nitrogens with zero attached hydrogens (tertiary/aromatic N) is 2. The van der Waals surface area contributed by atoms with E-state index in [4.69, 9.17) is 4.55 Å². The molecule has 7 heteroatoms. The van der Waals surface area contributed by atoms with Crippen LogP contribution < -0.4 is 0 Å². The molecule has 1 aromatic heterocycles. The van der Waals surface area contributed by atoms with Gasteiger partial charge in [-0.3, -0.25) is 4.55 Å². The predicted molar refractivity (Wildman–Crippen MR) is 53.9 cm³/mol. The van der Waals surface area contributed by atoms with Crippen molar-refractivity contribution in [3.63, 3.8) is 0 Å². The molecule has 0 spiro atoms. The zero-order valence-corrected chi connectivity index (χ0v) is 8.53. The predicted octanol–water partition coefficient (Wildman–Crippen LogP) is 0.976. The lowest BCUT2D eigenvalue weighted by Gasteiger charge is -1.99. The molecule has 0 aliphatic carbocycles. The molecule has 0 saturated heterocycles. The van der Waals surface area contributed by atoms with E-state index in [1.54, 1.807) is 18.2 Å². The molecule has 0 bridgehead atoms. The molecule has 0 amide bonds. The van der Waals surface area contributed by atoms with Gasteiger partial charge in [0.05, 0.1) is 11.0 Å². The van der Waals surface area contributed by atoms with Crippen LogP contribution in [0.2, 0.25) is 0 Å². The summed E-state index contributed by atoms with van der Waals surface area (Å²) < 4.78 is 31.5. The maximum Gasteiger partial charge on any atom is 0.366 e. The van der Waals surface area contributed by atoms with Crippen molar-refractivity contribution in [2.75, 3.05) is 0 Å². The number of aromatic nitrogens is 2. The lowest BCUT2D eigenvalue weighted by molar-refractivity contribution is 0.470. The molecular formula is C7H6N2O3S2. The summed E-state index contributed by atoms with van der Waals surface area (Å²) in [4.78, 5) is 3.87. The van der Waals surface area contributed by atoms with E-state index in [2.05, 4.69) is 17.6 Å². The summed E-state index contributed by atoms with van der Waals surface area (Å²) in [5.74, 6) is 0. The Labute approximate surface area is 85.7 Å². The van der Waals surface area contributed by atoms with Gasteiger partial charge in [-0.2, -0.15) is 12.4 Å². The Morgan fingerprint density at radius 3 is 2.64 bits per heavy atom. The van der Waals surface area contributed by atoms with Gasteiger partial charge in [-0.05, 0) is 12.1 Å². The molecule has 74 valence electrons. The number of hydrogen-bond donors (Lipinski definition) is 2. The first-order valence-electron chi connectivity index (χ1n) is 3.64. The summed E-state index contributed by atoms with van der Waals surface area (Å²) >= 11 is 3.86. The fourth-order valence-electron chi connectivity index (χ4n) is 1.22. The fourth-order valence-corrected chi connectivity index (χ4v) is 2.39. The van der Waals surface area contributed by atoms with Crippen molar-refractivity contribution in [1.29, 1.82) is 0 Å². The van der Waals surface area contributed by atoms with Gasteiger partial charge in [0.25, 0.3) is 0 Å². The molecule has 2 aromatic rings. The lowest BCUT2D eigenvalue weighted by atomic mass is 10.3. The first-order valence-corrected chi connectivity index (χ1v) is 5.49. The normalized spacial score (nSPS) is 12.1. The number of fused-ring (bicyclic) bond motifs is 1. The van der Waals surface area contributed by atoms with E-state index in [1.807, 2.05) is 0 Å². The molecule has 0 fully saturated rings. The molecule has 0 saturated carbocycles. The average molecular weight is 230 g/mol. The standard InChI is InChI=1S/C7H6N2O3S2/c10-14(11,12)9-6-4-2-1-3-5(6)8-7(9)13/h1-4H,(H,8,13)(H,10,11,12). The van der Waals surface area contributed by atoms with Gasteiger partial charge in [0.2, 0.25) is 0 Å². The third-order valence-corrected chi connectivity index (χ3v) is 3.00. The van der Waals surface area contributed by atoms with E-state index in [1.165, 1.54) is 6.07 Å². The number of rotatable bonds is 1. The Morgan fingerprint density at radius 1 is 1.36 bits per heavy atom.